The third-order valence-corrected chi connectivity index (χ3v) is 5.96. The average Bonchev–Trinajstić information content (AvgIpc) is 2.93. The minimum atomic E-state index is -3.67. The minimum absolute atomic E-state index is 0.0868. The van der Waals surface area contributed by atoms with E-state index in [9.17, 15) is 8.42 Å². The van der Waals surface area contributed by atoms with Crippen molar-refractivity contribution in [2.24, 2.45) is 10.9 Å². The van der Waals surface area contributed by atoms with E-state index in [2.05, 4.69) is 10.1 Å². The molecule has 3 N–H and O–H groups in total. The molecule has 9 heteroatoms. The highest BCUT2D eigenvalue weighted by molar-refractivity contribution is 7.94. The Morgan fingerprint density at radius 3 is 2.76 bits per heavy atom. The molecule has 1 aromatic carbocycles. The average molecular weight is 326 g/mol. The highest BCUT2D eigenvalue weighted by atomic mass is 32.2. The molecule has 0 aliphatic rings. The van der Waals surface area contributed by atoms with E-state index in [1.165, 1.54) is 19.3 Å². The first-order chi connectivity index (χ1) is 9.86. The molecule has 1 aromatic heterocycles. The van der Waals surface area contributed by atoms with Crippen molar-refractivity contribution in [2.45, 2.75) is 11.1 Å². The van der Waals surface area contributed by atoms with Crippen LogP contribution in [0, 0.1) is 6.92 Å². The van der Waals surface area contributed by atoms with Crippen LogP contribution >= 0.6 is 11.3 Å². The van der Waals surface area contributed by atoms with Gasteiger partial charge in [0.1, 0.15) is 0 Å². The Kier molecular flexibility index (Phi) is 4.14. The summed E-state index contributed by atoms with van der Waals surface area (Å²) in [6.07, 6.45) is 1.33. The topological polar surface area (TPSA) is 109 Å². The Labute approximate surface area is 126 Å². The number of oxime groups is 1. The largest absolute Gasteiger partial charge is 0.409 e. The van der Waals surface area contributed by atoms with Gasteiger partial charge in [0.2, 0.25) is 0 Å². The van der Waals surface area contributed by atoms with E-state index in [-0.39, 0.29) is 10.0 Å². The number of hydrogen-bond donors (Lipinski definition) is 2. The minimum Gasteiger partial charge on any atom is -0.409 e. The van der Waals surface area contributed by atoms with Crippen LogP contribution in [0.25, 0.3) is 0 Å². The van der Waals surface area contributed by atoms with Crippen LogP contribution in [-0.4, -0.2) is 31.5 Å². The second kappa shape index (κ2) is 5.70. The summed E-state index contributed by atoms with van der Waals surface area (Å²) in [5, 5.41) is 12.3. The molecule has 0 aliphatic heterocycles. The molecular formula is C12H14N4O3S2. The van der Waals surface area contributed by atoms with Gasteiger partial charge in [0, 0.05) is 12.6 Å². The molecule has 0 aliphatic carbocycles. The van der Waals surface area contributed by atoms with Gasteiger partial charge in [-0.1, -0.05) is 17.3 Å². The second-order valence-corrected chi connectivity index (χ2v) is 7.64. The van der Waals surface area contributed by atoms with Crippen molar-refractivity contribution in [3.05, 3.63) is 41.0 Å². The van der Waals surface area contributed by atoms with Gasteiger partial charge in [0.05, 0.1) is 16.9 Å². The molecule has 21 heavy (non-hydrogen) atoms. The van der Waals surface area contributed by atoms with Crippen LogP contribution in [0.4, 0.5) is 5.69 Å². The van der Waals surface area contributed by atoms with E-state index in [0.717, 1.165) is 15.6 Å². The van der Waals surface area contributed by atoms with Crippen LogP contribution in [0.15, 0.2) is 39.8 Å². The molecule has 112 valence electrons. The van der Waals surface area contributed by atoms with Crippen molar-refractivity contribution >= 4 is 32.9 Å². The SMILES string of the molecule is Cc1ncc(S(=O)(=O)N(C)c2cccc(/C(N)=N/O)c2)s1. The van der Waals surface area contributed by atoms with Crippen molar-refractivity contribution in [2.75, 3.05) is 11.4 Å². The van der Waals surface area contributed by atoms with Gasteiger partial charge in [0.25, 0.3) is 10.0 Å². The van der Waals surface area contributed by atoms with Crippen molar-refractivity contribution in [1.82, 2.24) is 4.98 Å². The van der Waals surface area contributed by atoms with Crippen LogP contribution in [0.1, 0.15) is 10.6 Å². The van der Waals surface area contributed by atoms with Gasteiger partial charge in [-0.25, -0.2) is 13.4 Å². The van der Waals surface area contributed by atoms with Gasteiger partial charge in [0.15, 0.2) is 10.0 Å². The quantitative estimate of drug-likeness (QED) is 0.382. The van der Waals surface area contributed by atoms with E-state index in [0.29, 0.717) is 16.3 Å². The smallest absolute Gasteiger partial charge is 0.275 e. The lowest BCUT2D eigenvalue weighted by atomic mass is 10.2. The highest BCUT2D eigenvalue weighted by Gasteiger charge is 2.24. The Morgan fingerprint density at radius 2 is 2.19 bits per heavy atom. The summed E-state index contributed by atoms with van der Waals surface area (Å²) in [6, 6.07) is 6.41. The van der Waals surface area contributed by atoms with Gasteiger partial charge in [-0.3, -0.25) is 4.31 Å². The maximum absolute atomic E-state index is 12.5. The van der Waals surface area contributed by atoms with Crippen molar-refractivity contribution in [3.8, 4) is 0 Å². The van der Waals surface area contributed by atoms with E-state index < -0.39 is 10.0 Å². The monoisotopic (exact) mass is 326 g/mol. The maximum Gasteiger partial charge on any atom is 0.275 e. The number of aryl methyl sites for hydroxylation is 1. The first-order valence-corrected chi connectivity index (χ1v) is 8.11. The predicted molar refractivity (Wildman–Crippen MR) is 81.4 cm³/mol. The molecule has 0 amide bonds. The van der Waals surface area contributed by atoms with Crippen LogP contribution in [0.5, 0.6) is 0 Å². The van der Waals surface area contributed by atoms with Crippen LogP contribution in [-0.2, 0) is 10.0 Å². The first-order valence-electron chi connectivity index (χ1n) is 5.85. The summed E-state index contributed by atoms with van der Waals surface area (Å²) in [5.74, 6) is -0.0868. The number of hydrogen-bond acceptors (Lipinski definition) is 6. The number of anilines is 1. The molecule has 0 saturated carbocycles. The normalized spacial score (nSPS) is 12.4. The molecule has 2 rings (SSSR count). The fourth-order valence-corrected chi connectivity index (χ4v) is 4.12. The number of nitrogens with zero attached hydrogens (tertiary/aromatic N) is 3. The van der Waals surface area contributed by atoms with Gasteiger partial charge in [-0.15, -0.1) is 11.3 Å². The summed E-state index contributed by atoms with van der Waals surface area (Å²) < 4.78 is 26.3. The number of thiazole rings is 1. The lowest BCUT2D eigenvalue weighted by Crippen LogP contribution is -2.26. The fraction of sp³-hybridized carbons (Fsp3) is 0.167. The first kappa shape index (κ1) is 15.3. The van der Waals surface area contributed by atoms with E-state index in [1.54, 1.807) is 25.1 Å². The molecule has 0 unspecified atom stereocenters. The van der Waals surface area contributed by atoms with E-state index >= 15 is 0 Å². The lowest BCUT2D eigenvalue weighted by molar-refractivity contribution is 0.318. The van der Waals surface area contributed by atoms with Gasteiger partial charge in [-0.2, -0.15) is 0 Å². The third-order valence-electron chi connectivity index (χ3n) is 2.83. The fourth-order valence-electron chi connectivity index (χ4n) is 1.65. The van der Waals surface area contributed by atoms with Gasteiger partial charge in [-0.05, 0) is 19.1 Å². The van der Waals surface area contributed by atoms with Crippen molar-refractivity contribution in [3.63, 3.8) is 0 Å². The number of nitrogens with two attached hydrogens (primary N) is 1. The predicted octanol–water partition coefficient (Wildman–Crippen LogP) is 1.37. The van der Waals surface area contributed by atoms with Gasteiger partial charge < -0.3 is 10.9 Å². The zero-order valence-electron chi connectivity index (χ0n) is 11.4. The molecule has 0 radical (unpaired) electrons. The van der Waals surface area contributed by atoms with Crippen molar-refractivity contribution in [1.29, 1.82) is 0 Å². The molecule has 7 nitrogen and oxygen atoms in total. The number of benzene rings is 1. The number of aromatic nitrogens is 1. The summed E-state index contributed by atoms with van der Waals surface area (Å²) in [6.45, 7) is 1.74. The summed E-state index contributed by atoms with van der Waals surface area (Å²) in [4.78, 5) is 3.96. The van der Waals surface area contributed by atoms with Crippen LogP contribution < -0.4 is 10.0 Å². The Balaban J connectivity index is 2.42. The molecule has 0 spiro atoms. The lowest BCUT2D eigenvalue weighted by Gasteiger charge is -2.18. The zero-order chi connectivity index (χ0) is 15.6. The standard InChI is InChI=1S/C12H14N4O3S2/c1-8-14-7-11(20-8)21(18,19)16(2)10-5-3-4-9(6-10)12(13)15-17/h3-7,17H,1-2H3,(H2,13,15). The third kappa shape index (κ3) is 2.98. The number of rotatable bonds is 4. The Bertz CT molecular complexity index is 783. The molecular weight excluding hydrogens is 312 g/mol. The summed E-state index contributed by atoms with van der Waals surface area (Å²) >= 11 is 1.10. The van der Waals surface area contributed by atoms with Crippen molar-refractivity contribution < 1.29 is 13.6 Å². The zero-order valence-corrected chi connectivity index (χ0v) is 13.0. The highest BCUT2D eigenvalue weighted by Crippen LogP contribution is 2.26. The molecule has 0 atom stereocenters. The Hall–Kier alpha value is -2.13. The Morgan fingerprint density at radius 1 is 1.48 bits per heavy atom. The second-order valence-electron chi connectivity index (χ2n) is 4.21. The number of sulfonamides is 1. The molecule has 0 fully saturated rings. The molecule has 0 saturated heterocycles. The van der Waals surface area contributed by atoms with E-state index in [4.69, 9.17) is 10.9 Å². The van der Waals surface area contributed by atoms with Crippen LogP contribution in [0.3, 0.4) is 0 Å². The van der Waals surface area contributed by atoms with Gasteiger partial charge >= 0.3 is 0 Å². The maximum atomic E-state index is 12.5. The summed E-state index contributed by atoms with van der Waals surface area (Å²) in [7, 11) is -2.23. The molecule has 0 bridgehead atoms. The van der Waals surface area contributed by atoms with E-state index in [1.807, 2.05) is 0 Å². The molecule has 2 aromatic rings. The number of amidine groups is 1. The molecule has 1 heterocycles. The summed E-state index contributed by atoms with van der Waals surface area (Å²) in [5.41, 5.74) is 6.35. The van der Waals surface area contributed by atoms with Crippen LogP contribution in [0.2, 0.25) is 0 Å².